The molecule has 0 radical (unpaired) electrons. The molecule has 3 rings (SSSR count). The monoisotopic (exact) mass is 253 g/mol. The molecule has 0 aliphatic heterocycles. The summed E-state index contributed by atoms with van der Waals surface area (Å²) in [5, 5.41) is 0. The molecule has 2 N–H and O–H groups in total. The first-order chi connectivity index (χ1) is 9.19. The molecule has 2 aromatic heterocycles. The van der Waals surface area contributed by atoms with Crippen molar-refractivity contribution >= 4 is 11.0 Å². The van der Waals surface area contributed by atoms with Gasteiger partial charge in [-0.1, -0.05) is 6.07 Å². The van der Waals surface area contributed by atoms with E-state index in [0.29, 0.717) is 6.54 Å². The molecular weight excluding hydrogens is 238 g/mol. The van der Waals surface area contributed by atoms with Crippen LogP contribution in [0.25, 0.3) is 22.6 Å². The summed E-state index contributed by atoms with van der Waals surface area (Å²) in [6, 6.07) is 6.05. The Morgan fingerprint density at radius 1 is 1.21 bits per heavy atom. The SMILES string of the molecule is Cc1cnc(-c2nc3ccc(CN)cc3n2C)cn1. The van der Waals surface area contributed by atoms with Crippen LogP contribution in [0.5, 0.6) is 0 Å². The second-order valence-corrected chi connectivity index (χ2v) is 4.56. The zero-order valence-corrected chi connectivity index (χ0v) is 11.0. The molecule has 0 amide bonds. The normalized spacial score (nSPS) is 11.1. The molecule has 96 valence electrons. The Labute approximate surface area is 111 Å². The van der Waals surface area contributed by atoms with Gasteiger partial charge in [0.15, 0.2) is 5.82 Å². The Morgan fingerprint density at radius 3 is 2.74 bits per heavy atom. The van der Waals surface area contributed by atoms with Crippen molar-refractivity contribution in [2.45, 2.75) is 13.5 Å². The van der Waals surface area contributed by atoms with E-state index in [1.807, 2.05) is 30.7 Å². The molecule has 0 aliphatic carbocycles. The minimum atomic E-state index is 0.529. The summed E-state index contributed by atoms with van der Waals surface area (Å²) < 4.78 is 2.02. The van der Waals surface area contributed by atoms with E-state index in [0.717, 1.165) is 33.8 Å². The molecule has 0 spiro atoms. The highest BCUT2D eigenvalue weighted by molar-refractivity contribution is 5.80. The minimum absolute atomic E-state index is 0.529. The molecule has 0 aliphatic rings. The van der Waals surface area contributed by atoms with E-state index in [2.05, 4.69) is 21.0 Å². The summed E-state index contributed by atoms with van der Waals surface area (Å²) in [5.74, 6) is 0.816. The van der Waals surface area contributed by atoms with Gasteiger partial charge in [-0.25, -0.2) is 9.97 Å². The first-order valence-electron chi connectivity index (χ1n) is 6.13. The van der Waals surface area contributed by atoms with E-state index >= 15 is 0 Å². The third-order valence-corrected chi connectivity index (χ3v) is 3.19. The van der Waals surface area contributed by atoms with Crippen LogP contribution in [0, 0.1) is 6.92 Å². The Balaban J connectivity index is 2.19. The van der Waals surface area contributed by atoms with Crippen LogP contribution in [0.1, 0.15) is 11.3 Å². The summed E-state index contributed by atoms with van der Waals surface area (Å²) in [6.45, 7) is 2.44. The fraction of sp³-hybridized carbons (Fsp3) is 0.214. The molecular formula is C14H15N5. The van der Waals surface area contributed by atoms with Crippen molar-refractivity contribution in [3.05, 3.63) is 41.9 Å². The average Bonchev–Trinajstić information content (AvgIpc) is 2.76. The lowest BCUT2D eigenvalue weighted by Gasteiger charge is -2.02. The molecule has 0 fully saturated rings. The number of aromatic nitrogens is 4. The maximum Gasteiger partial charge on any atom is 0.161 e. The van der Waals surface area contributed by atoms with Crippen molar-refractivity contribution in [1.29, 1.82) is 0 Å². The van der Waals surface area contributed by atoms with E-state index in [9.17, 15) is 0 Å². The van der Waals surface area contributed by atoms with Crippen LogP contribution < -0.4 is 5.73 Å². The number of nitrogens with zero attached hydrogens (tertiary/aromatic N) is 4. The third kappa shape index (κ3) is 1.98. The highest BCUT2D eigenvalue weighted by Crippen LogP contribution is 2.22. The molecule has 0 saturated carbocycles. The van der Waals surface area contributed by atoms with Crippen molar-refractivity contribution in [3.8, 4) is 11.5 Å². The van der Waals surface area contributed by atoms with Gasteiger partial charge < -0.3 is 10.3 Å². The molecule has 2 heterocycles. The number of hydrogen-bond acceptors (Lipinski definition) is 4. The molecule has 19 heavy (non-hydrogen) atoms. The minimum Gasteiger partial charge on any atom is -0.326 e. The Morgan fingerprint density at radius 2 is 2.05 bits per heavy atom. The maximum atomic E-state index is 5.67. The smallest absolute Gasteiger partial charge is 0.161 e. The number of hydrogen-bond donors (Lipinski definition) is 1. The molecule has 5 nitrogen and oxygen atoms in total. The maximum absolute atomic E-state index is 5.67. The third-order valence-electron chi connectivity index (χ3n) is 3.19. The number of nitrogens with two attached hydrogens (primary N) is 1. The Bertz CT molecular complexity index is 727. The average molecular weight is 253 g/mol. The summed E-state index contributed by atoms with van der Waals surface area (Å²) >= 11 is 0. The van der Waals surface area contributed by atoms with Crippen LogP contribution in [-0.4, -0.2) is 19.5 Å². The predicted molar refractivity (Wildman–Crippen MR) is 74.4 cm³/mol. The van der Waals surface area contributed by atoms with Crippen LogP contribution in [0.15, 0.2) is 30.6 Å². The van der Waals surface area contributed by atoms with Crippen molar-refractivity contribution < 1.29 is 0 Å². The number of rotatable bonds is 2. The lowest BCUT2D eigenvalue weighted by molar-refractivity contribution is 0.941. The highest BCUT2D eigenvalue weighted by Gasteiger charge is 2.11. The lowest BCUT2D eigenvalue weighted by Crippen LogP contribution is -1.98. The van der Waals surface area contributed by atoms with Gasteiger partial charge >= 0.3 is 0 Å². The largest absolute Gasteiger partial charge is 0.326 e. The Hall–Kier alpha value is -2.27. The van der Waals surface area contributed by atoms with E-state index in [1.54, 1.807) is 12.4 Å². The highest BCUT2D eigenvalue weighted by atomic mass is 15.1. The van der Waals surface area contributed by atoms with Crippen molar-refractivity contribution in [2.24, 2.45) is 12.8 Å². The molecule has 0 saturated heterocycles. The first kappa shape index (κ1) is 11.8. The van der Waals surface area contributed by atoms with Gasteiger partial charge in [-0.05, 0) is 24.6 Å². The molecule has 0 bridgehead atoms. The van der Waals surface area contributed by atoms with Crippen LogP contribution in [0.3, 0.4) is 0 Å². The second kappa shape index (κ2) is 4.44. The van der Waals surface area contributed by atoms with Gasteiger partial charge in [0.2, 0.25) is 0 Å². The molecule has 0 atom stereocenters. The van der Waals surface area contributed by atoms with Gasteiger partial charge in [-0.15, -0.1) is 0 Å². The molecule has 0 unspecified atom stereocenters. The standard InChI is InChI=1S/C14H15N5/c1-9-7-17-12(8-16-9)14-18-11-4-3-10(6-15)5-13(11)19(14)2/h3-5,7-8H,6,15H2,1-2H3. The number of fused-ring (bicyclic) bond motifs is 1. The fourth-order valence-electron chi connectivity index (χ4n) is 2.10. The van der Waals surface area contributed by atoms with Crippen LogP contribution in [-0.2, 0) is 13.6 Å². The van der Waals surface area contributed by atoms with Gasteiger partial charge in [-0.3, -0.25) is 4.98 Å². The van der Waals surface area contributed by atoms with E-state index in [-0.39, 0.29) is 0 Å². The summed E-state index contributed by atoms with van der Waals surface area (Å²) in [5.41, 5.74) is 10.4. The van der Waals surface area contributed by atoms with Gasteiger partial charge in [0.05, 0.1) is 22.9 Å². The second-order valence-electron chi connectivity index (χ2n) is 4.56. The molecule has 3 aromatic rings. The predicted octanol–water partition coefficient (Wildman–Crippen LogP) is 1.80. The van der Waals surface area contributed by atoms with E-state index in [1.165, 1.54) is 0 Å². The van der Waals surface area contributed by atoms with Crippen LogP contribution >= 0.6 is 0 Å². The lowest BCUT2D eigenvalue weighted by atomic mass is 10.2. The molecule has 5 heteroatoms. The van der Waals surface area contributed by atoms with Crippen molar-refractivity contribution in [3.63, 3.8) is 0 Å². The summed E-state index contributed by atoms with van der Waals surface area (Å²) in [6.07, 6.45) is 3.50. The van der Waals surface area contributed by atoms with E-state index in [4.69, 9.17) is 5.73 Å². The van der Waals surface area contributed by atoms with Gasteiger partial charge in [0.1, 0.15) is 5.69 Å². The van der Waals surface area contributed by atoms with Crippen LogP contribution in [0.4, 0.5) is 0 Å². The summed E-state index contributed by atoms with van der Waals surface area (Å²) in [4.78, 5) is 13.2. The molecule has 1 aromatic carbocycles. The first-order valence-corrected chi connectivity index (χ1v) is 6.13. The van der Waals surface area contributed by atoms with Crippen molar-refractivity contribution in [1.82, 2.24) is 19.5 Å². The fourth-order valence-corrected chi connectivity index (χ4v) is 2.10. The number of benzene rings is 1. The zero-order valence-electron chi connectivity index (χ0n) is 11.0. The van der Waals surface area contributed by atoms with Gasteiger partial charge in [-0.2, -0.15) is 0 Å². The number of aryl methyl sites for hydroxylation is 2. The summed E-state index contributed by atoms with van der Waals surface area (Å²) in [7, 11) is 1.98. The van der Waals surface area contributed by atoms with Crippen molar-refractivity contribution in [2.75, 3.05) is 0 Å². The number of imidazole rings is 1. The zero-order chi connectivity index (χ0) is 13.4. The van der Waals surface area contributed by atoms with Crippen LogP contribution in [0.2, 0.25) is 0 Å². The topological polar surface area (TPSA) is 69.6 Å². The quantitative estimate of drug-likeness (QED) is 0.756. The van der Waals surface area contributed by atoms with Gasteiger partial charge in [0.25, 0.3) is 0 Å². The van der Waals surface area contributed by atoms with E-state index < -0.39 is 0 Å². The Kier molecular flexibility index (Phi) is 2.76. The van der Waals surface area contributed by atoms with Gasteiger partial charge in [0, 0.05) is 19.8 Å².